The molecule has 0 fully saturated rings. The van der Waals surface area contributed by atoms with Crippen LogP contribution in [0, 0.1) is 0 Å². The van der Waals surface area contributed by atoms with E-state index in [1.165, 1.54) is 6.26 Å². The van der Waals surface area contributed by atoms with E-state index < -0.39 is 0 Å². The van der Waals surface area contributed by atoms with Crippen molar-refractivity contribution < 1.29 is 14.0 Å². The molecule has 132 valence electrons. The molecule has 0 aliphatic carbocycles. The van der Waals surface area contributed by atoms with Crippen LogP contribution in [0.3, 0.4) is 0 Å². The average molecular weight is 348 g/mol. The second-order valence-electron chi connectivity index (χ2n) is 5.84. The van der Waals surface area contributed by atoms with Gasteiger partial charge in [-0.1, -0.05) is 49.4 Å². The van der Waals surface area contributed by atoms with E-state index >= 15 is 0 Å². The van der Waals surface area contributed by atoms with Gasteiger partial charge in [-0.15, -0.1) is 0 Å². The van der Waals surface area contributed by atoms with Gasteiger partial charge in [0.15, 0.2) is 5.76 Å². The molecule has 2 N–H and O–H groups in total. The molecule has 0 saturated heterocycles. The Kier molecular flexibility index (Phi) is 5.49. The molecule has 2 aromatic carbocycles. The van der Waals surface area contributed by atoms with Gasteiger partial charge in [0.1, 0.15) is 0 Å². The van der Waals surface area contributed by atoms with Gasteiger partial charge in [0, 0.05) is 0 Å². The number of nitrogens with one attached hydrogen (secondary N) is 2. The van der Waals surface area contributed by atoms with Gasteiger partial charge in [-0.2, -0.15) is 0 Å². The van der Waals surface area contributed by atoms with Gasteiger partial charge in [0.25, 0.3) is 5.91 Å². The normalized spacial score (nSPS) is 11.6. The Bertz CT molecular complexity index is 873. The third-order valence-corrected chi connectivity index (χ3v) is 4.10. The number of furan rings is 1. The molecule has 1 heterocycles. The number of para-hydroxylation sites is 2. The summed E-state index contributed by atoms with van der Waals surface area (Å²) in [5, 5.41) is 5.69. The molecule has 5 heteroatoms. The standard InChI is InChI=1S/C21H20N2O3/c1-2-16(15-9-4-3-5-10-15)20(24)22-17-11-6-7-12-18(17)23-21(25)19-13-8-14-26-19/h3-14,16H,2H2,1H3,(H,22,24)(H,23,25)/t16-/m1/s1. The topological polar surface area (TPSA) is 71.3 Å². The summed E-state index contributed by atoms with van der Waals surface area (Å²) in [5.41, 5.74) is 2.03. The number of carbonyl (C=O) groups is 2. The number of rotatable bonds is 6. The first kappa shape index (κ1) is 17.5. The van der Waals surface area contributed by atoms with Crippen LogP contribution in [0.25, 0.3) is 0 Å². The van der Waals surface area contributed by atoms with Crippen LogP contribution in [0.2, 0.25) is 0 Å². The molecule has 1 aromatic heterocycles. The molecule has 3 rings (SSSR count). The van der Waals surface area contributed by atoms with Gasteiger partial charge in [-0.3, -0.25) is 9.59 Å². The second-order valence-corrected chi connectivity index (χ2v) is 5.84. The van der Waals surface area contributed by atoms with E-state index in [0.717, 1.165) is 5.56 Å². The average Bonchev–Trinajstić information content (AvgIpc) is 3.20. The van der Waals surface area contributed by atoms with Crippen molar-refractivity contribution in [3.8, 4) is 0 Å². The molecule has 5 nitrogen and oxygen atoms in total. The highest BCUT2D eigenvalue weighted by atomic mass is 16.3. The van der Waals surface area contributed by atoms with Gasteiger partial charge in [-0.25, -0.2) is 0 Å². The minimum absolute atomic E-state index is 0.113. The van der Waals surface area contributed by atoms with Crippen molar-refractivity contribution in [3.63, 3.8) is 0 Å². The molecular weight excluding hydrogens is 328 g/mol. The maximum atomic E-state index is 12.8. The number of carbonyl (C=O) groups excluding carboxylic acids is 2. The molecule has 0 spiro atoms. The lowest BCUT2D eigenvalue weighted by molar-refractivity contribution is -0.117. The van der Waals surface area contributed by atoms with Gasteiger partial charge in [0.05, 0.1) is 23.6 Å². The van der Waals surface area contributed by atoms with E-state index in [1.807, 2.05) is 43.3 Å². The predicted molar refractivity (Wildman–Crippen MR) is 101 cm³/mol. The van der Waals surface area contributed by atoms with Crippen LogP contribution >= 0.6 is 0 Å². The molecule has 0 aliphatic rings. The minimum atomic E-state index is -0.369. The Morgan fingerprint density at radius 3 is 2.15 bits per heavy atom. The Hall–Kier alpha value is -3.34. The summed E-state index contributed by atoms with van der Waals surface area (Å²) in [4.78, 5) is 25.0. The molecule has 0 radical (unpaired) electrons. The number of benzene rings is 2. The monoisotopic (exact) mass is 348 g/mol. The molecule has 0 bridgehead atoms. The zero-order valence-electron chi connectivity index (χ0n) is 14.4. The van der Waals surface area contributed by atoms with Crippen molar-refractivity contribution in [2.75, 3.05) is 10.6 Å². The minimum Gasteiger partial charge on any atom is -0.459 e. The van der Waals surface area contributed by atoms with E-state index in [2.05, 4.69) is 10.6 Å². The summed E-state index contributed by atoms with van der Waals surface area (Å²) in [7, 11) is 0. The fraction of sp³-hybridized carbons (Fsp3) is 0.143. The highest BCUT2D eigenvalue weighted by Gasteiger charge is 2.20. The van der Waals surface area contributed by atoms with Crippen molar-refractivity contribution in [3.05, 3.63) is 84.3 Å². The number of amides is 2. The van der Waals surface area contributed by atoms with E-state index in [9.17, 15) is 9.59 Å². The molecule has 0 aliphatic heterocycles. The van der Waals surface area contributed by atoms with Crippen LogP contribution in [-0.2, 0) is 4.79 Å². The van der Waals surface area contributed by atoms with Gasteiger partial charge >= 0.3 is 0 Å². The van der Waals surface area contributed by atoms with Gasteiger partial charge < -0.3 is 15.1 Å². The number of anilines is 2. The van der Waals surface area contributed by atoms with Crippen LogP contribution in [0.1, 0.15) is 35.4 Å². The third-order valence-electron chi connectivity index (χ3n) is 4.10. The summed E-state index contributed by atoms with van der Waals surface area (Å²) in [6, 6.07) is 20.0. The van der Waals surface area contributed by atoms with Crippen LogP contribution in [0.5, 0.6) is 0 Å². The van der Waals surface area contributed by atoms with Crippen LogP contribution in [-0.4, -0.2) is 11.8 Å². The fourth-order valence-corrected chi connectivity index (χ4v) is 2.77. The smallest absolute Gasteiger partial charge is 0.291 e. The molecule has 3 aromatic rings. The molecular formula is C21H20N2O3. The maximum Gasteiger partial charge on any atom is 0.291 e. The van der Waals surface area contributed by atoms with Crippen molar-refractivity contribution in [2.24, 2.45) is 0 Å². The van der Waals surface area contributed by atoms with Crippen LogP contribution in [0.4, 0.5) is 11.4 Å². The number of hydrogen-bond acceptors (Lipinski definition) is 3. The van der Waals surface area contributed by atoms with E-state index in [-0.39, 0.29) is 23.5 Å². The highest BCUT2D eigenvalue weighted by Crippen LogP contribution is 2.26. The van der Waals surface area contributed by atoms with Crippen molar-refractivity contribution in [1.29, 1.82) is 0 Å². The first-order valence-electron chi connectivity index (χ1n) is 8.48. The first-order valence-corrected chi connectivity index (χ1v) is 8.48. The lowest BCUT2D eigenvalue weighted by Gasteiger charge is -2.17. The van der Waals surface area contributed by atoms with Crippen LogP contribution < -0.4 is 10.6 Å². The van der Waals surface area contributed by atoms with Gasteiger partial charge in [0.2, 0.25) is 5.91 Å². The van der Waals surface area contributed by atoms with E-state index in [1.54, 1.807) is 30.3 Å². The van der Waals surface area contributed by atoms with Gasteiger partial charge in [-0.05, 0) is 36.2 Å². The summed E-state index contributed by atoms with van der Waals surface area (Å²) in [6.45, 7) is 1.97. The summed E-state index contributed by atoms with van der Waals surface area (Å²) in [6.07, 6.45) is 2.12. The third kappa shape index (κ3) is 4.00. The lowest BCUT2D eigenvalue weighted by Crippen LogP contribution is -2.22. The lowest BCUT2D eigenvalue weighted by atomic mass is 9.95. The molecule has 1 atom stereocenters. The largest absolute Gasteiger partial charge is 0.459 e. The second kappa shape index (κ2) is 8.16. The quantitative estimate of drug-likeness (QED) is 0.680. The van der Waals surface area contributed by atoms with Crippen molar-refractivity contribution in [1.82, 2.24) is 0 Å². The molecule has 26 heavy (non-hydrogen) atoms. The zero-order valence-corrected chi connectivity index (χ0v) is 14.4. The van der Waals surface area contributed by atoms with Crippen LogP contribution in [0.15, 0.2) is 77.4 Å². The van der Waals surface area contributed by atoms with E-state index in [0.29, 0.717) is 17.8 Å². The summed E-state index contributed by atoms with van der Waals surface area (Å²) >= 11 is 0. The highest BCUT2D eigenvalue weighted by molar-refractivity contribution is 6.06. The van der Waals surface area contributed by atoms with E-state index in [4.69, 9.17) is 4.42 Å². The van der Waals surface area contributed by atoms with Crippen molar-refractivity contribution >= 4 is 23.2 Å². The number of hydrogen-bond donors (Lipinski definition) is 2. The zero-order chi connectivity index (χ0) is 18.4. The maximum absolute atomic E-state index is 12.8. The molecule has 0 unspecified atom stereocenters. The Morgan fingerprint density at radius 2 is 1.54 bits per heavy atom. The Labute approximate surface area is 152 Å². The molecule has 2 amide bonds. The predicted octanol–water partition coefficient (Wildman–Crippen LogP) is 4.66. The SMILES string of the molecule is CC[C@@H](C(=O)Nc1ccccc1NC(=O)c1ccco1)c1ccccc1. The Morgan fingerprint density at radius 1 is 0.885 bits per heavy atom. The molecule has 0 saturated carbocycles. The summed E-state index contributed by atoms with van der Waals surface area (Å²) < 4.78 is 5.10. The fourth-order valence-electron chi connectivity index (χ4n) is 2.77. The van der Waals surface area contributed by atoms with Crippen molar-refractivity contribution in [2.45, 2.75) is 19.3 Å². The Balaban J connectivity index is 1.77. The first-order chi connectivity index (χ1) is 12.7. The summed E-state index contributed by atoms with van der Waals surface area (Å²) in [5.74, 6) is -0.530.